The van der Waals surface area contributed by atoms with E-state index in [-0.39, 0.29) is 0 Å². The van der Waals surface area contributed by atoms with Gasteiger partial charge in [-0.3, -0.25) is 0 Å². The van der Waals surface area contributed by atoms with Gasteiger partial charge in [-0.05, 0) is 60.4 Å². The highest BCUT2D eigenvalue weighted by Crippen LogP contribution is 2.53. The SMILES string of the molecule is CC1c2cccc(P(c3ccco3)c3ccco3)c2[PH](=O)[C@@H]2C[C@H](C)CC[C@@H]12. The van der Waals surface area contributed by atoms with Crippen molar-refractivity contribution in [1.82, 2.24) is 0 Å². The molecule has 1 fully saturated rings. The van der Waals surface area contributed by atoms with E-state index in [1.807, 2.05) is 24.3 Å². The van der Waals surface area contributed by atoms with Crippen molar-refractivity contribution in [2.24, 2.45) is 11.8 Å². The fourth-order valence-corrected chi connectivity index (χ4v) is 10.8. The minimum absolute atomic E-state index is 0.336. The summed E-state index contributed by atoms with van der Waals surface area (Å²) >= 11 is 0. The van der Waals surface area contributed by atoms with E-state index in [1.54, 1.807) is 12.5 Å². The molecule has 3 nitrogen and oxygen atoms in total. The summed E-state index contributed by atoms with van der Waals surface area (Å²) in [4.78, 5) is 0. The van der Waals surface area contributed by atoms with Crippen LogP contribution in [-0.2, 0) is 4.57 Å². The van der Waals surface area contributed by atoms with E-state index in [1.165, 1.54) is 18.4 Å². The van der Waals surface area contributed by atoms with Crippen LogP contribution in [0, 0.1) is 11.8 Å². The third-order valence-corrected chi connectivity index (χ3v) is 11.5. The molecule has 3 aromatic rings. The zero-order valence-electron chi connectivity index (χ0n) is 16.3. The second kappa shape index (κ2) is 7.36. The van der Waals surface area contributed by atoms with Crippen molar-refractivity contribution in [3.63, 3.8) is 0 Å². The fraction of sp³-hybridized carbons (Fsp3) is 0.391. The molecule has 0 spiro atoms. The number of rotatable bonds is 3. The number of fused-ring (bicyclic) bond motifs is 2. The maximum Gasteiger partial charge on any atom is 0.137 e. The number of furan rings is 2. The van der Waals surface area contributed by atoms with Gasteiger partial charge >= 0.3 is 0 Å². The van der Waals surface area contributed by atoms with Gasteiger partial charge in [0.15, 0.2) is 0 Å². The summed E-state index contributed by atoms with van der Waals surface area (Å²) in [6.07, 6.45) is 7.00. The van der Waals surface area contributed by atoms with E-state index in [9.17, 15) is 4.57 Å². The standard InChI is InChI=1S/C23H26O3P2/c1-15-10-11-17-16(2)18-6-3-7-19(23(18)28(24)20(17)14-15)27(21-8-4-12-25-21)22-9-5-13-26-22/h3-9,12-13,15-17,20,28H,10-11,14H2,1-2H3/t15-,16?,17+,20-/m1/s1. The Morgan fingerprint density at radius 2 is 1.68 bits per heavy atom. The molecule has 0 amide bonds. The van der Waals surface area contributed by atoms with Crippen molar-refractivity contribution in [3.05, 3.63) is 60.6 Å². The van der Waals surface area contributed by atoms with Gasteiger partial charge in [0.2, 0.25) is 0 Å². The molecule has 5 atom stereocenters. The van der Waals surface area contributed by atoms with Crippen LogP contribution in [0.5, 0.6) is 0 Å². The van der Waals surface area contributed by atoms with Gasteiger partial charge in [-0.25, -0.2) is 0 Å². The lowest BCUT2D eigenvalue weighted by atomic mass is 9.74. The van der Waals surface area contributed by atoms with Crippen molar-refractivity contribution >= 4 is 37.3 Å². The molecule has 0 saturated heterocycles. The Hall–Kier alpha value is -1.56. The third kappa shape index (κ3) is 2.95. The van der Waals surface area contributed by atoms with Gasteiger partial charge in [0, 0.05) is 16.3 Å². The molecule has 28 heavy (non-hydrogen) atoms. The first-order chi connectivity index (χ1) is 13.6. The molecule has 3 heterocycles. The molecule has 0 N–H and O–H groups in total. The fourth-order valence-electron chi connectivity index (χ4n) is 5.25. The lowest BCUT2D eigenvalue weighted by Crippen LogP contribution is -2.42. The van der Waals surface area contributed by atoms with E-state index in [0.29, 0.717) is 23.4 Å². The molecule has 1 aromatic carbocycles. The van der Waals surface area contributed by atoms with Crippen LogP contribution in [0.1, 0.15) is 44.6 Å². The normalized spacial score (nSPS) is 29.5. The predicted molar refractivity (Wildman–Crippen MR) is 117 cm³/mol. The molecule has 5 heteroatoms. The minimum Gasteiger partial charge on any atom is -0.464 e. The van der Waals surface area contributed by atoms with Crippen LogP contribution < -0.4 is 21.6 Å². The Kier molecular flexibility index (Phi) is 4.85. The highest BCUT2D eigenvalue weighted by molar-refractivity contribution is 7.80. The first kappa shape index (κ1) is 18.5. The average molecular weight is 412 g/mol. The Morgan fingerprint density at radius 3 is 2.32 bits per heavy atom. The van der Waals surface area contributed by atoms with Gasteiger partial charge in [-0.2, -0.15) is 0 Å². The van der Waals surface area contributed by atoms with Gasteiger partial charge in [0.05, 0.1) is 20.4 Å². The molecule has 1 aliphatic heterocycles. The van der Waals surface area contributed by atoms with Crippen LogP contribution >= 0.6 is 15.7 Å². The zero-order valence-corrected chi connectivity index (χ0v) is 18.2. The molecule has 0 bridgehead atoms. The van der Waals surface area contributed by atoms with Gasteiger partial charge < -0.3 is 13.4 Å². The third-order valence-electron chi connectivity index (χ3n) is 6.65. The van der Waals surface area contributed by atoms with Crippen LogP contribution in [0.4, 0.5) is 0 Å². The summed E-state index contributed by atoms with van der Waals surface area (Å²) in [5.74, 6) is 1.69. The van der Waals surface area contributed by atoms with Crippen molar-refractivity contribution in [3.8, 4) is 0 Å². The van der Waals surface area contributed by atoms with Crippen LogP contribution in [0.2, 0.25) is 0 Å². The first-order valence-electron chi connectivity index (χ1n) is 10.2. The molecular weight excluding hydrogens is 386 g/mol. The van der Waals surface area contributed by atoms with Gasteiger partial charge in [-0.15, -0.1) is 0 Å². The smallest absolute Gasteiger partial charge is 0.137 e. The van der Waals surface area contributed by atoms with Crippen molar-refractivity contribution in [1.29, 1.82) is 0 Å². The molecular formula is C23H26O3P2. The number of benzene rings is 1. The highest BCUT2D eigenvalue weighted by atomic mass is 31.1. The van der Waals surface area contributed by atoms with Crippen LogP contribution in [0.25, 0.3) is 0 Å². The van der Waals surface area contributed by atoms with E-state index in [2.05, 4.69) is 32.0 Å². The molecule has 146 valence electrons. The molecule has 2 unspecified atom stereocenters. The summed E-state index contributed by atoms with van der Waals surface area (Å²) in [6.45, 7) is 4.66. The molecule has 2 aliphatic rings. The van der Waals surface area contributed by atoms with Crippen molar-refractivity contribution < 1.29 is 13.4 Å². The highest BCUT2D eigenvalue weighted by Gasteiger charge is 2.43. The first-order valence-corrected chi connectivity index (χ1v) is 13.0. The lowest BCUT2D eigenvalue weighted by molar-refractivity contribution is 0.263. The Bertz CT molecular complexity index is 943. The Labute approximate surface area is 168 Å². The van der Waals surface area contributed by atoms with Gasteiger partial charge in [-0.1, -0.05) is 38.5 Å². The van der Waals surface area contributed by atoms with Crippen LogP contribution in [0.3, 0.4) is 0 Å². The summed E-state index contributed by atoms with van der Waals surface area (Å²) < 4.78 is 25.6. The summed E-state index contributed by atoms with van der Waals surface area (Å²) in [5.41, 5.74) is 3.44. The van der Waals surface area contributed by atoms with E-state index >= 15 is 0 Å². The summed E-state index contributed by atoms with van der Waals surface area (Å²) in [7, 11) is -2.86. The van der Waals surface area contributed by atoms with Crippen LogP contribution in [0.15, 0.2) is 63.8 Å². The van der Waals surface area contributed by atoms with Gasteiger partial charge in [0.25, 0.3) is 0 Å². The van der Waals surface area contributed by atoms with E-state index in [0.717, 1.165) is 28.0 Å². The maximum absolute atomic E-state index is 13.9. The monoisotopic (exact) mass is 412 g/mol. The van der Waals surface area contributed by atoms with E-state index in [4.69, 9.17) is 8.83 Å². The number of hydrogen-bond acceptors (Lipinski definition) is 3. The Morgan fingerprint density at radius 1 is 0.964 bits per heavy atom. The predicted octanol–water partition coefficient (Wildman–Crippen LogP) is 4.74. The molecule has 2 aromatic heterocycles. The lowest BCUT2D eigenvalue weighted by Gasteiger charge is -2.43. The number of hydrogen-bond donors (Lipinski definition) is 0. The van der Waals surface area contributed by atoms with Gasteiger partial charge in [0.1, 0.15) is 18.8 Å². The second-order valence-corrected chi connectivity index (χ2v) is 12.3. The van der Waals surface area contributed by atoms with E-state index < -0.39 is 15.7 Å². The Balaban J connectivity index is 1.69. The largest absolute Gasteiger partial charge is 0.464 e. The summed E-state index contributed by atoms with van der Waals surface area (Å²) in [6, 6.07) is 14.4. The topological polar surface area (TPSA) is 43.4 Å². The molecule has 5 rings (SSSR count). The minimum atomic E-state index is -1.89. The summed E-state index contributed by atoms with van der Waals surface area (Å²) in [5, 5.41) is 2.28. The van der Waals surface area contributed by atoms with Crippen molar-refractivity contribution in [2.45, 2.75) is 44.7 Å². The molecule has 0 radical (unpaired) electrons. The van der Waals surface area contributed by atoms with Crippen molar-refractivity contribution in [2.75, 3.05) is 0 Å². The quantitative estimate of drug-likeness (QED) is 0.584. The zero-order chi connectivity index (χ0) is 19.3. The molecule has 1 aliphatic carbocycles. The maximum atomic E-state index is 13.9. The second-order valence-electron chi connectivity index (χ2n) is 8.32. The van der Waals surface area contributed by atoms with Crippen LogP contribution in [-0.4, -0.2) is 5.66 Å². The average Bonchev–Trinajstić information content (AvgIpc) is 3.41. The molecule has 1 saturated carbocycles.